The average Bonchev–Trinajstić information content (AvgIpc) is 2.63. The van der Waals surface area contributed by atoms with Gasteiger partial charge in [-0.1, -0.05) is 6.07 Å². The number of aromatic nitrogens is 2. The van der Waals surface area contributed by atoms with Gasteiger partial charge < -0.3 is 15.5 Å². The molecule has 9 heteroatoms. The molecule has 1 aliphatic heterocycles. The smallest absolute Gasteiger partial charge is 0.292 e. The van der Waals surface area contributed by atoms with E-state index in [-0.39, 0.29) is 10.6 Å². The Balaban J connectivity index is 1.84. The Morgan fingerprint density at radius 2 is 1.74 bits per heavy atom. The van der Waals surface area contributed by atoms with Gasteiger partial charge in [0, 0.05) is 32.2 Å². The van der Waals surface area contributed by atoms with Gasteiger partial charge in [-0.05, 0) is 38.0 Å². The normalized spacial score (nSPS) is 14.3. The molecule has 2 heterocycles. The van der Waals surface area contributed by atoms with E-state index in [0.717, 1.165) is 11.1 Å². The predicted octanol–water partition coefficient (Wildman–Crippen LogP) is 1.74. The van der Waals surface area contributed by atoms with Gasteiger partial charge in [0.05, 0.1) is 16.2 Å². The summed E-state index contributed by atoms with van der Waals surface area (Å²) in [5, 5.41) is 19.7. The van der Waals surface area contributed by atoms with Crippen LogP contribution in [0.3, 0.4) is 0 Å². The summed E-state index contributed by atoms with van der Waals surface area (Å²) in [5.41, 5.74) is 8.89. The van der Waals surface area contributed by atoms with Crippen molar-refractivity contribution in [2.75, 3.05) is 36.0 Å². The number of piperazine rings is 1. The third-order valence-electron chi connectivity index (χ3n) is 4.93. The molecule has 0 unspecified atom stereocenters. The molecule has 27 heavy (non-hydrogen) atoms. The number of amides is 1. The van der Waals surface area contributed by atoms with Crippen LogP contribution < -0.4 is 15.5 Å². The highest BCUT2D eigenvalue weighted by atomic mass is 16.6. The monoisotopic (exact) mass is 370 g/mol. The fourth-order valence-corrected chi connectivity index (χ4v) is 3.32. The summed E-state index contributed by atoms with van der Waals surface area (Å²) in [5.74, 6) is -0.0549. The zero-order valence-corrected chi connectivity index (χ0v) is 15.6. The third kappa shape index (κ3) is 3.53. The number of primary amides is 1. The maximum Gasteiger partial charge on any atom is 0.292 e. The van der Waals surface area contributed by atoms with E-state index in [1.807, 2.05) is 22.8 Å². The van der Waals surface area contributed by atoms with E-state index in [2.05, 4.69) is 10.2 Å². The number of nitro benzene ring substituents is 1. The van der Waals surface area contributed by atoms with E-state index in [1.54, 1.807) is 26.0 Å². The molecule has 1 fully saturated rings. The van der Waals surface area contributed by atoms with E-state index in [9.17, 15) is 14.9 Å². The number of anilines is 2. The number of nitrogens with two attached hydrogens (primary N) is 1. The lowest BCUT2D eigenvalue weighted by atomic mass is 10.1. The minimum Gasteiger partial charge on any atom is -0.365 e. The van der Waals surface area contributed by atoms with Crippen LogP contribution in [-0.2, 0) is 0 Å². The molecule has 0 bridgehead atoms. The lowest BCUT2D eigenvalue weighted by molar-refractivity contribution is -0.384. The number of hydrogen-bond donors (Lipinski definition) is 1. The van der Waals surface area contributed by atoms with Crippen molar-refractivity contribution in [2.45, 2.75) is 20.8 Å². The van der Waals surface area contributed by atoms with Gasteiger partial charge in [0.25, 0.3) is 11.6 Å². The molecule has 1 aromatic heterocycles. The summed E-state index contributed by atoms with van der Waals surface area (Å²) in [6.45, 7) is 7.67. The molecule has 1 aromatic carbocycles. The fourth-order valence-electron chi connectivity index (χ4n) is 3.32. The first kappa shape index (κ1) is 18.6. The minimum atomic E-state index is -0.530. The van der Waals surface area contributed by atoms with E-state index < -0.39 is 5.91 Å². The van der Waals surface area contributed by atoms with Crippen LogP contribution in [0.25, 0.3) is 0 Å². The molecule has 0 saturated carbocycles. The van der Waals surface area contributed by atoms with Crippen LogP contribution in [-0.4, -0.2) is 47.2 Å². The first-order valence-electron chi connectivity index (χ1n) is 8.68. The topological polar surface area (TPSA) is 118 Å². The van der Waals surface area contributed by atoms with Crippen molar-refractivity contribution >= 4 is 23.1 Å². The number of benzene rings is 1. The number of rotatable bonds is 4. The van der Waals surface area contributed by atoms with Crippen LogP contribution in [0.5, 0.6) is 0 Å². The van der Waals surface area contributed by atoms with Crippen molar-refractivity contribution in [3.8, 4) is 0 Å². The van der Waals surface area contributed by atoms with Crippen molar-refractivity contribution in [3.63, 3.8) is 0 Å². The van der Waals surface area contributed by atoms with E-state index in [4.69, 9.17) is 5.73 Å². The molecule has 2 aromatic rings. The molecule has 1 aliphatic rings. The second kappa shape index (κ2) is 7.18. The molecule has 0 aliphatic carbocycles. The Labute approximate surface area is 156 Å². The predicted molar refractivity (Wildman–Crippen MR) is 102 cm³/mol. The van der Waals surface area contributed by atoms with Gasteiger partial charge in [-0.15, -0.1) is 5.10 Å². The number of nitro groups is 1. The van der Waals surface area contributed by atoms with Crippen molar-refractivity contribution in [1.82, 2.24) is 10.2 Å². The molecular formula is C18H22N6O3. The highest BCUT2D eigenvalue weighted by Crippen LogP contribution is 2.31. The Bertz CT molecular complexity index is 906. The SMILES string of the molecule is Cc1ccc(N2CCN(c3nnc(C)c(C)c3C(N)=O)CC2)c([N+](=O)[O-])c1. The van der Waals surface area contributed by atoms with Crippen molar-refractivity contribution in [3.05, 3.63) is 50.7 Å². The summed E-state index contributed by atoms with van der Waals surface area (Å²) in [4.78, 5) is 26.9. The molecule has 0 radical (unpaired) electrons. The van der Waals surface area contributed by atoms with Crippen molar-refractivity contribution < 1.29 is 9.72 Å². The van der Waals surface area contributed by atoms with Crippen LogP contribution >= 0.6 is 0 Å². The van der Waals surface area contributed by atoms with Gasteiger partial charge in [0.2, 0.25) is 0 Å². The van der Waals surface area contributed by atoms with Gasteiger partial charge in [0.1, 0.15) is 5.69 Å². The van der Waals surface area contributed by atoms with Gasteiger partial charge in [-0.2, -0.15) is 5.10 Å². The van der Waals surface area contributed by atoms with Crippen LogP contribution in [0.4, 0.5) is 17.2 Å². The molecule has 0 spiro atoms. The first-order valence-corrected chi connectivity index (χ1v) is 8.68. The standard InChI is InChI=1S/C18H22N6O3/c1-11-4-5-14(15(10-11)24(26)27)22-6-8-23(9-7-22)18-16(17(19)25)12(2)13(3)20-21-18/h4-5,10H,6-9H2,1-3H3,(H2,19,25). The first-order chi connectivity index (χ1) is 12.8. The summed E-state index contributed by atoms with van der Waals surface area (Å²) < 4.78 is 0. The molecular weight excluding hydrogens is 348 g/mol. The van der Waals surface area contributed by atoms with Gasteiger partial charge in [0.15, 0.2) is 5.82 Å². The van der Waals surface area contributed by atoms with Crippen LogP contribution in [0, 0.1) is 30.9 Å². The third-order valence-corrected chi connectivity index (χ3v) is 4.93. The van der Waals surface area contributed by atoms with Crippen molar-refractivity contribution in [1.29, 1.82) is 0 Å². The fraction of sp³-hybridized carbons (Fsp3) is 0.389. The van der Waals surface area contributed by atoms with E-state index in [0.29, 0.717) is 48.9 Å². The molecule has 3 rings (SSSR count). The van der Waals surface area contributed by atoms with Gasteiger partial charge in [-0.3, -0.25) is 14.9 Å². The van der Waals surface area contributed by atoms with Crippen LogP contribution in [0.1, 0.15) is 27.2 Å². The molecule has 1 amide bonds. The Hall–Kier alpha value is -3.23. The summed E-state index contributed by atoms with van der Waals surface area (Å²) in [7, 11) is 0. The van der Waals surface area contributed by atoms with E-state index in [1.165, 1.54) is 0 Å². The summed E-state index contributed by atoms with van der Waals surface area (Å²) in [6, 6.07) is 5.24. The Morgan fingerprint density at radius 1 is 1.11 bits per heavy atom. The highest BCUT2D eigenvalue weighted by molar-refractivity contribution is 5.99. The molecule has 2 N–H and O–H groups in total. The zero-order valence-electron chi connectivity index (χ0n) is 15.6. The number of carbonyl (C=O) groups is 1. The molecule has 1 saturated heterocycles. The van der Waals surface area contributed by atoms with E-state index >= 15 is 0 Å². The van der Waals surface area contributed by atoms with Crippen molar-refractivity contribution in [2.24, 2.45) is 5.73 Å². The largest absolute Gasteiger partial charge is 0.365 e. The molecule has 0 atom stereocenters. The number of hydrogen-bond acceptors (Lipinski definition) is 7. The lowest BCUT2D eigenvalue weighted by Crippen LogP contribution is -2.47. The molecule has 9 nitrogen and oxygen atoms in total. The maximum atomic E-state index is 11.9. The van der Waals surface area contributed by atoms with Gasteiger partial charge >= 0.3 is 0 Å². The van der Waals surface area contributed by atoms with Crippen LogP contribution in [0.15, 0.2) is 18.2 Å². The zero-order chi connectivity index (χ0) is 19.7. The minimum absolute atomic E-state index is 0.104. The summed E-state index contributed by atoms with van der Waals surface area (Å²) >= 11 is 0. The molecule has 142 valence electrons. The lowest BCUT2D eigenvalue weighted by Gasteiger charge is -2.37. The second-order valence-corrected chi connectivity index (χ2v) is 6.70. The van der Waals surface area contributed by atoms with Gasteiger partial charge in [-0.25, -0.2) is 0 Å². The highest BCUT2D eigenvalue weighted by Gasteiger charge is 2.27. The Kier molecular flexibility index (Phi) is 4.93. The maximum absolute atomic E-state index is 11.9. The second-order valence-electron chi connectivity index (χ2n) is 6.70. The summed E-state index contributed by atoms with van der Waals surface area (Å²) in [6.07, 6.45) is 0. The van der Waals surface area contributed by atoms with Crippen LogP contribution in [0.2, 0.25) is 0 Å². The number of aryl methyl sites for hydroxylation is 2. The Morgan fingerprint density at radius 3 is 2.33 bits per heavy atom. The number of nitrogens with zero attached hydrogens (tertiary/aromatic N) is 5. The number of carbonyl (C=O) groups excluding carboxylic acids is 1. The average molecular weight is 370 g/mol. The quantitative estimate of drug-likeness (QED) is 0.643.